The predicted octanol–water partition coefficient (Wildman–Crippen LogP) is 7.07. The molecule has 0 saturated carbocycles. The van der Waals surface area contributed by atoms with Crippen LogP contribution < -0.4 is 0 Å². The lowest BCUT2D eigenvalue weighted by Crippen LogP contribution is -2.03. The molecule has 0 fully saturated rings. The average molecular weight is 426 g/mol. The van der Waals surface area contributed by atoms with Crippen LogP contribution in [0.5, 0.6) is 0 Å². The van der Waals surface area contributed by atoms with Crippen LogP contribution >= 0.6 is 11.3 Å². The van der Waals surface area contributed by atoms with E-state index in [0.717, 1.165) is 17.7 Å². The molecule has 0 radical (unpaired) electrons. The second-order valence-electron chi connectivity index (χ2n) is 6.46. The Morgan fingerprint density at radius 3 is 2.07 bits per heavy atom. The number of hydrogen-bond donors (Lipinski definition) is 0. The zero-order chi connectivity index (χ0) is 21.3. The van der Waals surface area contributed by atoms with Gasteiger partial charge in [0.1, 0.15) is 5.01 Å². The monoisotopic (exact) mass is 426 g/mol. The average Bonchev–Trinajstić information content (AvgIpc) is 3.24. The Labute approximate surface area is 173 Å². The number of alkyl halides is 3. The highest BCUT2D eigenvalue weighted by Crippen LogP contribution is 2.34. The molecule has 150 valence electrons. The van der Waals surface area contributed by atoms with Crippen LogP contribution in [0, 0.1) is 10.1 Å². The third-order valence-corrected chi connectivity index (χ3v) is 5.45. The van der Waals surface area contributed by atoms with E-state index in [4.69, 9.17) is 0 Å². The molecule has 4 aromatic rings. The van der Waals surface area contributed by atoms with Crippen LogP contribution in [0.2, 0.25) is 0 Å². The Hall–Kier alpha value is -3.52. The molecular formula is C22H13F3N2O2S. The van der Waals surface area contributed by atoms with Gasteiger partial charge in [-0.1, -0.05) is 48.5 Å². The number of hydrogen-bond acceptors (Lipinski definition) is 4. The van der Waals surface area contributed by atoms with E-state index in [2.05, 4.69) is 4.98 Å². The number of thiazole rings is 1. The molecule has 0 N–H and O–H groups in total. The van der Waals surface area contributed by atoms with Crippen molar-refractivity contribution >= 4 is 17.0 Å². The van der Waals surface area contributed by atoms with Crippen molar-refractivity contribution in [1.29, 1.82) is 0 Å². The van der Waals surface area contributed by atoms with Crippen molar-refractivity contribution in [2.24, 2.45) is 0 Å². The summed E-state index contributed by atoms with van der Waals surface area (Å²) in [6.07, 6.45) is -4.37. The molecule has 0 saturated heterocycles. The van der Waals surface area contributed by atoms with Gasteiger partial charge in [-0.25, -0.2) is 4.98 Å². The van der Waals surface area contributed by atoms with Crippen LogP contribution in [0.3, 0.4) is 0 Å². The highest BCUT2D eigenvalue weighted by Gasteiger charge is 2.30. The van der Waals surface area contributed by atoms with Gasteiger partial charge < -0.3 is 0 Å². The normalized spacial score (nSPS) is 11.4. The minimum absolute atomic E-state index is 0.0316. The van der Waals surface area contributed by atoms with Crippen LogP contribution in [0.1, 0.15) is 5.56 Å². The number of halogens is 3. The van der Waals surface area contributed by atoms with Crippen molar-refractivity contribution in [3.05, 3.63) is 93.9 Å². The van der Waals surface area contributed by atoms with Gasteiger partial charge in [-0.15, -0.1) is 11.3 Å². The standard InChI is InChI=1S/C22H13F3N2O2S/c23-22(24,25)17-11-9-15(10-12-17)19-13-30-21(26-19)16-7-5-14(6-8-16)18-3-1-2-4-20(18)27(28)29/h1-13H. The van der Waals surface area contributed by atoms with Crippen LogP contribution in [0.15, 0.2) is 78.2 Å². The minimum Gasteiger partial charge on any atom is -0.258 e. The van der Waals surface area contributed by atoms with E-state index in [1.165, 1.54) is 29.5 Å². The first kappa shape index (κ1) is 19.8. The topological polar surface area (TPSA) is 56.0 Å². The fourth-order valence-corrected chi connectivity index (χ4v) is 3.87. The maximum atomic E-state index is 12.7. The van der Waals surface area contributed by atoms with Gasteiger partial charge in [0.25, 0.3) is 5.69 Å². The molecule has 3 aromatic carbocycles. The van der Waals surface area contributed by atoms with Gasteiger partial charge in [0.05, 0.1) is 21.7 Å². The molecule has 8 heteroatoms. The predicted molar refractivity (Wildman–Crippen MR) is 110 cm³/mol. The Balaban J connectivity index is 1.60. The van der Waals surface area contributed by atoms with E-state index < -0.39 is 16.7 Å². The van der Waals surface area contributed by atoms with Gasteiger partial charge in [0, 0.05) is 22.6 Å². The molecule has 0 amide bonds. The molecule has 4 nitrogen and oxygen atoms in total. The zero-order valence-electron chi connectivity index (χ0n) is 15.3. The molecule has 0 spiro atoms. The van der Waals surface area contributed by atoms with Crippen molar-refractivity contribution in [2.75, 3.05) is 0 Å². The quantitative estimate of drug-likeness (QED) is 0.259. The van der Waals surface area contributed by atoms with Crippen molar-refractivity contribution in [3.63, 3.8) is 0 Å². The van der Waals surface area contributed by atoms with Gasteiger partial charge in [-0.3, -0.25) is 10.1 Å². The van der Waals surface area contributed by atoms with E-state index in [1.54, 1.807) is 35.7 Å². The molecular weight excluding hydrogens is 413 g/mol. The lowest BCUT2D eigenvalue weighted by Gasteiger charge is -2.06. The summed E-state index contributed by atoms with van der Waals surface area (Å²) in [6.45, 7) is 0. The number of aromatic nitrogens is 1. The Morgan fingerprint density at radius 2 is 1.43 bits per heavy atom. The van der Waals surface area contributed by atoms with E-state index in [9.17, 15) is 23.3 Å². The maximum absolute atomic E-state index is 12.7. The number of nitro benzene ring substituents is 1. The van der Waals surface area contributed by atoms with Crippen LogP contribution in [-0.2, 0) is 6.18 Å². The van der Waals surface area contributed by atoms with Crippen LogP contribution in [0.4, 0.5) is 18.9 Å². The second-order valence-corrected chi connectivity index (χ2v) is 7.32. The number of nitrogens with zero attached hydrogens (tertiary/aromatic N) is 2. The summed E-state index contributed by atoms with van der Waals surface area (Å²) in [5.41, 5.74) is 2.58. The second kappa shape index (κ2) is 7.72. The molecule has 0 bridgehead atoms. The number of benzene rings is 3. The summed E-state index contributed by atoms with van der Waals surface area (Å²) in [5.74, 6) is 0. The van der Waals surface area contributed by atoms with Crippen LogP contribution in [-0.4, -0.2) is 9.91 Å². The van der Waals surface area contributed by atoms with Gasteiger partial charge in [-0.05, 0) is 23.8 Å². The number of nitro groups is 1. The van der Waals surface area contributed by atoms with E-state index in [0.29, 0.717) is 27.4 Å². The van der Waals surface area contributed by atoms with Crippen LogP contribution in [0.25, 0.3) is 33.0 Å². The first-order valence-corrected chi connectivity index (χ1v) is 9.68. The smallest absolute Gasteiger partial charge is 0.258 e. The summed E-state index contributed by atoms with van der Waals surface area (Å²) in [7, 11) is 0. The molecule has 0 aliphatic rings. The lowest BCUT2D eigenvalue weighted by atomic mass is 10.0. The molecule has 0 unspecified atom stereocenters. The van der Waals surface area contributed by atoms with E-state index in [-0.39, 0.29) is 5.69 Å². The minimum atomic E-state index is -4.37. The van der Waals surface area contributed by atoms with Gasteiger partial charge in [0.15, 0.2) is 0 Å². The molecule has 30 heavy (non-hydrogen) atoms. The summed E-state index contributed by atoms with van der Waals surface area (Å²) in [4.78, 5) is 15.3. The molecule has 0 aliphatic carbocycles. The maximum Gasteiger partial charge on any atom is 0.416 e. The molecule has 4 rings (SSSR count). The molecule has 0 atom stereocenters. The summed E-state index contributed by atoms with van der Waals surface area (Å²) >= 11 is 1.38. The first-order valence-electron chi connectivity index (χ1n) is 8.80. The van der Waals surface area contributed by atoms with Gasteiger partial charge in [0.2, 0.25) is 0 Å². The van der Waals surface area contributed by atoms with Gasteiger partial charge in [-0.2, -0.15) is 13.2 Å². The SMILES string of the molecule is O=[N+]([O-])c1ccccc1-c1ccc(-c2nc(-c3ccc(C(F)(F)F)cc3)cs2)cc1. The fourth-order valence-electron chi connectivity index (χ4n) is 3.04. The van der Waals surface area contributed by atoms with Crippen molar-refractivity contribution < 1.29 is 18.1 Å². The van der Waals surface area contributed by atoms with Gasteiger partial charge >= 0.3 is 6.18 Å². The van der Waals surface area contributed by atoms with Crippen molar-refractivity contribution in [1.82, 2.24) is 4.98 Å². The molecule has 0 aliphatic heterocycles. The number of rotatable bonds is 4. The Morgan fingerprint density at radius 1 is 0.833 bits per heavy atom. The largest absolute Gasteiger partial charge is 0.416 e. The Bertz CT molecular complexity index is 1200. The van der Waals surface area contributed by atoms with E-state index >= 15 is 0 Å². The lowest BCUT2D eigenvalue weighted by molar-refractivity contribution is -0.384. The third kappa shape index (κ3) is 3.95. The fraction of sp³-hybridized carbons (Fsp3) is 0.0455. The Kier molecular flexibility index (Phi) is 5.09. The number of para-hydroxylation sites is 1. The summed E-state index contributed by atoms with van der Waals surface area (Å²) in [6, 6.07) is 18.6. The highest BCUT2D eigenvalue weighted by atomic mass is 32.1. The third-order valence-electron chi connectivity index (χ3n) is 4.56. The zero-order valence-corrected chi connectivity index (χ0v) is 16.1. The summed E-state index contributed by atoms with van der Waals surface area (Å²) in [5, 5.41) is 13.7. The summed E-state index contributed by atoms with van der Waals surface area (Å²) < 4.78 is 38.2. The van der Waals surface area contributed by atoms with E-state index in [1.807, 2.05) is 12.1 Å². The van der Waals surface area contributed by atoms with Crippen molar-refractivity contribution in [3.8, 4) is 33.0 Å². The highest BCUT2D eigenvalue weighted by molar-refractivity contribution is 7.13. The molecule has 1 heterocycles. The van der Waals surface area contributed by atoms with Crippen molar-refractivity contribution in [2.45, 2.75) is 6.18 Å². The molecule has 1 aromatic heterocycles. The first-order chi connectivity index (χ1) is 14.3.